The fraction of sp³-hybridized carbons (Fsp3) is 0.353. The molecule has 1 unspecified atom stereocenters. The molecule has 0 fully saturated rings. The van der Waals surface area contributed by atoms with Crippen molar-refractivity contribution in [1.29, 1.82) is 0 Å². The number of carbonyl (C=O) groups excluding carboxylic acids is 1. The molecular weight excluding hydrogens is 298 g/mol. The van der Waals surface area contributed by atoms with E-state index in [1.165, 1.54) is 4.31 Å². The van der Waals surface area contributed by atoms with Crippen LogP contribution in [0.4, 0.5) is 0 Å². The van der Waals surface area contributed by atoms with Crippen LogP contribution in [0, 0.1) is 6.92 Å². The van der Waals surface area contributed by atoms with E-state index in [1.54, 1.807) is 18.2 Å². The first-order valence-electron chi connectivity index (χ1n) is 7.41. The Morgan fingerprint density at radius 1 is 1.14 bits per heavy atom. The molecule has 0 aromatic heterocycles. The Morgan fingerprint density at radius 2 is 1.82 bits per heavy atom. The smallest absolute Gasteiger partial charge is 0.243 e. The zero-order chi connectivity index (χ0) is 15.9. The van der Waals surface area contributed by atoms with Gasteiger partial charge in [-0.15, -0.1) is 0 Å². The highest BCUT2D eigenvalue weighted by Crippen LogP contribution is 2.32. The van der Waals surface area contributed by atoms with Gasteiger partial charge in [-0.2, -0.15) is 4.31 Å². The SMILES string of the molecule is Cc1ccc(S(=O)(=O)N2CCC3=CC(=O)CC3=CC2C)cc1. The molecule has 3 rings (SSSR count). The van der Waals surface area contributed by atoms with Crippen LogP contribution in [-0.2, 0) is 14.8 Å². The minimum absolute atomic E-state index is 0.114. The van der Waals surface area contributed by atoms with Gasteiger partial charge in [0.15, 0.2) is 5.78 Å². The maximum absolute atomic E-state index is 12.9. The minimum atomic E-state index is -3.52. The topological polar surface area (TPSA) is 54.5 Å². The van der Waals surface area contributed by atoms with Gasteiger partial charge in [-0.05, 0) is 49.6 Å². The molecule has 1 aromatic carbocycles. The molecule has 22 heavy (non-hydrogen) atoms. The van der Waals surface area contributed by atoms with Gasteiger partial charge in [0.05, 0.1) is 4.90 Å². The summed E-state index contributed by atoms with van der Waals surface area (Å²) in [4.78, 5) is 11.8. The van der Waals surface area contributed by atoms with E-state index in [9.17, 15) is 13.2 Å². The van der Waals surface area contributed by atoms with Crippen LogP contribution in [0.1, 0.15) is 25.3 Å². The predicted molar refractivity (Wildman–Crippen MR) is 84.9 cm³/mol. The molecule has 0 saturated heterocycles. The highest BCUT2D eigenvalue weighted by Gasteiger charge is 2.32. The fourth-order valence-electron chi connectivity index (χ4n) is 3.03. The number of hydrogen-bond acceptors (Lipinski definition) is 3. The molecule has 0 amide bonds. The Balaban J connectivity index is 1.94. The van der Waals surface area contributed by atoms with Crippen LogP contribution in [0.25, 0.3) is 0 Å². The molecule has 0 saturated carbocycles. The quantitative estimate of drug-likeness (QED) is 0.842. The molecule has 1 aliphatic heterocycles. The summed E-state index contributed by atoms with van der Waals surface area (Å²) in [5, 5.41) is 0. The van der Waals surface area contributed by atoms with Crippen LogP contribution in [0.5, 0.6) is 0 Å². The molecule has 5 heteroatoms. The second-order valence-corrected chi connectivity index (χ2v) is 7.81. The average molecular weight is 317 g/mol. The molecule has 1 atom stereocenters. The van der Waals surface area contributed by atoms with Crippen LogP contribution in [-0.4, -0.2) is 31.1 Å². The number of fused-ring (bicyclic) bond motifs is 1. The second kappa shape index (κ2) is 5.48. The number of allylic oxidation sites excluding steroid dienone is 2. The number of ketones is 1. The van der Waals surface area contributed by atoms with E-state index in [2.05, 4.69) is 0 Å². The van der Waals surface area contributed by atoms with Crippen molar-refractivity contribution in [3.05, 3.63) is 53.1 Å². The van der Waals surface area contributed by atoms with Gasteiger partial charge >= 0.3 is 0 Å². The lowest BCUT2D eigenvalue weighted by molar-refractivity contribution is -0.113. The van der Waals surface area contributed by atoms with E-state index >= 15 is 0 Å². The molecule has 4 nitrogen and oxygen atoms in total. The normalized spacial score (nSPS) is 22.8. The first-order valence-corrected chi connectivity index (χ1v) is 8.85. The number of nitrogens with zero attached hydrogens (tertiary/aromatic N) is 1. The Bertz CT molecular complexity index is 773. The van der Waals surface area contributed by atoms with Crippen LogP contribution >= 0.6 is 0 Å². The summed E-state index contributed by atoms with van der Waals surface area (Å²) in [5.74, 6) is 0.114. The van der Waals surface area contributed by atoms with Gasteiger partial charge in [-0.25, -0.2) is 8.42 Å². The molecule has 116 valence electrons. The van der Waals surface area contributed by atoms with Crippen molar-refractivity contribution in [1.82, 2.24) is 4.31 Å². The lowest BCUT2D eigenvalue weighted by atomic mass is 10.1. The first-order chi connectivity index (χ1) is 10.4. The van der Waals surface area contributed by atoms with E-state index in [0.717, 1.165) is 16.7 Å². The monoisotopic (exact) mass is 317 g/mol. The van der Waals surface area contributed by atoms with Crippen molar-refractivity contribution in [2.45, 2.75) is 37.6 Å². The van der Waals surface area contributed by atoms with Gasteiger partial charge in [-0.1, -0.05) is 23.8 Å². The highest BCUT2D eigenvalue weighted by molar-refractivity contribution is 7.89. The fourth-order valence-corrected chi connectivity index (χ4v) is 4.61. The van der Waals surface area contributed by atoms with Crippen LogP contribution in [0.3, 0.4) is 0 Å². The predicted octanol–water partition coefficient (Wildman–Crippen LogP) is 2.60. The molecule has 0 spiro atoms. The third-order valence-corrected chi connectivity index (χ3v) is 6.24. The van der Waals surface area contributed by atoms with Crippen molar-refractivity contribution in [3.8, 4) is 0 Å². The summed E-state index contributed by atoms with van der Waals surface area (Å²) in [6.07, 6.45) is 4.56. The van der Waals surface area contributed by atoms with Crippen molar-refractivity contribution >= 4 is 15.8 Å². The average Bonchev–Trinajstić information content (AvgIpc) is 2.71. The van der Waals surface area contributed by atoms with Gasteiger partial charge in [0.25, 0.3) is 0 Å². The molecule has 1 heterocycles. The third kappa shape index (κ3) is 2.66. The number of benzene rings is 1. The Kier molecular flexibility index (Phi) is 3.78. The van der Waals surface area contributed by atoms with Gasteiger partial charge in [0, 0.05) is 19.0 Å². The van der Waals surface area contributed by atoms with E-state index in [4.69, 9.17) is 0 Å². The molecule has 0 N–H and O–H groups in total. The molecule has 1 aromatic rings. The lowest BCUT2D eigenvalue weighted by Crippen LogP contribution is -2.37. The Hall–Kier alpha value is -1.72. The number of rotatable bonds is 2. The number of hydrogen-bond donors (Lipinski definition) is 0. The summed E-state index contributed by atoms with van der Waals surface area (Å²) in [5.41, 5.74) is 3.00. The lowest BCUT2D eigenvalue weighted by Gasteiger charge is -2.25. The maximum atomic E-state index is 12.9. The molecule has 0 radical (unpaired) electrons. The van der Waals surface area contributed by atoms with E-state index in [0.29, 0.717) is 24.3 Å². The molecule has 1 aliphatic carbocycles. The van der Waals surface area contributed by atoms with E-state index in [-0.39, 0.29) is 11.8 Å². The number of aryl methyl sites for hydroxylation is 1. The highest BCUT2D eigenvalue weighted by atomic mass is 32.2. The largest absolute Gasteiger partial charge is 0.294 e. The van der Waals surface area contributed by atoms with Gasteiger partial charge in [0.2, 0.25) is 10.0 Å². The van der Waals surface area contributed by atoms with Gasteiger partial charge in [0.1, 0.15) is 0 Å². The summed E-state index contributed by atoms with van der Waals surface area (Å²) < 4.78 is 27.2. The summed E-state index contributed by atoms with van der Waals surface area (Å²) in [7, 11) is -3.52. The molecule has 0 bridgehead atoms. The number of carbonyl (C=O) groups is 1. The minimum Gasteiger partial charge on any atom is -0.294 e. The zero-order valence-corrected chi connectivity index (χ0v) is 13.6. The Labute approximate surface area is 131 Å². The maximum Gasteiger partial charge on any atom is 0.243 e. The van der Waals surface area contributed by atoms with Crippen molar-refractivity contribution < 1.29 is 13.2 Å². The third-order valence-electron chi connectivity index (χ3n) is 4.24. The summed E-state index contributed by atoms with van der Waals surface area (Å²) in [6.45, 7) is 4.20. The molecule has 2 aliphatic rings. The van der Waals surface area contributed by atoms with Gasteiger partial charge in [-0.3, -0.25) is 4.79 Å². The van der Waals surface area contributed by atoms with E-state index in [1.807, 2.05) is 32.1 Å². The van der Waals surface area contributed by atoms with E-state index < -0.39 is 10.0 Å². The van der Waals surface area contributed by atoms with Gasteiger partial charge < -0.3 is 0 Å². The van der Waals surface area contributed by atoms with Crippen LogP contribution in [0.2, 0.25) is 0 Å². The summed E-state index contributed by atoms with van der Waals surface area (Å²) in [6, 6.07) is 6.67. The second-order valence-electron chi connectivity index (χ2n) is 5.92. The molecular formula is C17H19NO3S. The summed E-state index contributed by atoms with van der Waals surface area (Å²) >= 11 is 0. The Morgan fingerprint density at radius 3 is 2.50 bits per heavy atom. The first kappa shape index (κ1) is 15.2. The van der Waals surface area contributed by atoms with Crippen LogP contribution < -0.4 is 0 Å². The standard InChI is InChI=1S/C17H19NO3S/c1-12-3-5-17(6-4-12)22(20,21)18-8-7-14-10-16(19)11-15(14)9-13(18)2/h3-6,9-10,13H,7-8,11H2,1-2H3. The number of sulfonamides is 1. The van der Waals surface area contributed by atoms with Crippen molar-refractivity contribution in [2.75, 3.05) is 6.54 Å². The zero-order valence-electron chi connectivity index (χ0n) is 12.7. The van der Waals surface area contributed by atoms with Crippen molar-refractivity contribution in [3.63, 3.8) is 0 Å². The van der Waals surface area contributed by atoms with Crippen LogP contribution in [0.15, 0.2) is 52.5 Å². The van der Waals surface area contributed by atoms with Crippen molar-refractivity contribution in [2.24, 2.45) is 0 Å².